The van der Waals surface area contributed by atoms with Gasteiger partial charge in [0.2, 0.25) is 0 Å². The van der Waals surface area contributed by atoms with Gasteiger partial charge in [-0.25, -0.2) is 0 Å². The van der Waals surface area contributed by atoms with E-state index in [2.05, 4.69) is 5.32 Å². The van der Waals surface area contributed by atoms with Crippen LogP contribution in [-0.4, -0.2) is 12.5 Å². The molecule has 3 nitrogen and oxygen atoms in total. The van der Waals surface area contributed by atoms with E-state index in [4.69, 9.17) is 17.3 Å². The van der Waals surface area contributed by atoms with E-state index in [1.54, 1.807) is 18.2 Å². The van der Waals surface area contributed by atoms with Gasteiger partial charge in [0.25, 0.3) is 5.91 Å². The average Bonchev–Trinajstić information content (AvgIpc) is 3.06. The smallest absolute Gasteiger partial charge is 0.251 e. The molecule has 2 rings (SSSR count). The normalized spacial score (nSPS) is 14.6. The van der Waals surface area contributed by atoms with Gasteiger partial charge in [-0.15, -0.1) is 0 Å². The molecule has 1 aromatic rings. The number of hydrogen-bond donors (Lipinski definition) is 2. The Morgan fingerprint density at radius 3 is 2.82 bits per heavy atom. The summed E-state index contributed by atoms with van der Waals surface area (Å²) in [6, 6.07) is 4.90. The van der Waals surface area contributed by atoms with Crippen LogP contribution in [0.5, 0.6) is 0 Å². The fourth-order valence-electron chi connectivity index (χ4n) is 1.84. The molecule has 1 saturated carbocycles. The van der Waals surface area contributed by atoms with Crippen LogP contribution in [0.4, 0.5) is 5.69 Å². The van der Waals surface area contributed by atoms with Crippen LogP contribution in [0, 0.1) is 5.92 Å². The first-order valence-electron chi connectivity index (χ1n) is 5.99. The molecule has 4 heteroatoms. The highest BCUT2D eigenvalue weighted by Gasteiger charge is 2.20. The number of benzene rings is 1. The average molecular weight is 253 g/mol. The minimum absolute atomic E-state index is 0.102. The third-order valence-corrected chi connectivity index (χ3v) is 3.17. The summed E-state index contributed by atoms with van der Waals surface area (Å²) < 4.78 is 0. The van der Waals surface area contributed by atoms with Crippen LogP contribution < -0.4 is 11.1 Å². The van der Waals surface area contributed by atoms with Crippen LogP contribution >= 0.6 is 11.6 Å². The summed E-state index contributed by atoms with van der Waals surface area (Å²) in [5, 5.41) is 3.38. The Morgan fingerprint density at radius 1 is 1.41 bits per heavy atom. The van der Waals surface area contributed by atoms with Crippen LogP contribution in [0.1, 0.15) is 36.0 Å². The molecular weight excluding hydrogens is 236 g/mol. The van der Waals surface area contributed by atoms with Gasteiger partial charge >= 0.3 is 0 Å². The van der Waals surface area contributed by atoms with E-state index in [0.717, 1.165) is 18.9 Å². The summed E-state index contributed by atoms with van der Waals surface area (Å²) in [4.78, 5) is 11.8. The topological polar surface area (TPSA) is 55.1 Å². The van der Waals surface area contributed by atoms with E-state index in [0.29, 0.717) is 16.3 Å². The second-order valence-electron chi connectivity index (χ2n) is 4.61. The Kier molecular flexibility index (Phi) is 3.89. The number of carbonyl (C=O) groups excluding carboxylic acids is 1. The van der Waals surface area contributed by atoms with Crippen molar-refractivity contribution in [1.29, 1.82) is 0 Å². The van der Waals surface area contributed by atoms with Gasteiger partial charge in [-0.2, -0.15) is 0 Å². The number of amides is 1. The fourth-order valence-corrected chi connectivity index (χ4v) is 2.09. The first-order valence-corrected chi connectivity index (χ1v) is 6.37. The van der Waals surface area contributed by atoms with Gasteiger partial charge < -0.3 is 11.1 Å². The number of rotatable bonds is 5. The molecule has 1 aromatic carbocycles. The molecule has 0 saturated heterocycles. The zero-order valence-electron chi connectivity index (χ0n) is 9.71. The van der Waals surface area contributed by atoms with E-state index < -0.39 is 0 Å². The first kappa shape index (κ1) is 12.2. The van der Waals surface area contributed by atoms with Crippen LogP contribution in [0.25, 0.3) is 0 Å². The number of nitrogens with one attached hydrogen (secondary N) is 1. The lowest BCUT2D eigenvalue weighted by Gasteiger charge is -2.06. The van der Waals surface area contributed by atoms with E-state index >= 15 is 0 Å². The summed E-state index contributed by atoms with van der Waals surface area (Å²) in [5.74, 6) is 0.809. The summed E-state index contributed by atoms with van der Waals surface area (Å²) in [5.41, 5.74) is 6.68. The summed E-state index contributed by atoms with van der Waals surface area (Å²) in [6.07, 6.45) is 4.99. The molecule has 1 aliphatic carbocycles. The molecule has 1 aliphatic rings. The fraction of sp³-hybridized carbons (Fsp3) is 0.462. The number of halogens is 1. The van der Waals surface area contributed by atoms with Crippen molar-refractivity contribution in [1.82, 2.24) is 5.32 Å². The van der Waals surface area contributed by atoms with Crippen LogP contribution in [-0.2, 0) is 0 Å². The molecule has 1 amide bonds. The molecule has 17 heavy (non-hydrogen) atoms. The van der Waals surface area contributed by atoms with Crippen molar-refractivity contribution in [2.75, 3.05) is 12.3 Å². The van der Waals surface area contributed by atoms with Gasteiger partial charge in [-0.1, -0.05) is 24.4 Å². The van der Waals surface area contributed by atoms with Crippen LogP contribution in [0.15, 0.2) is 18.2 Å². The van der Waals surface area contributed by atoms with Crippen LogP contribution in [0.2, 0.25) is 5.02 Å². The number of anilines is 1. The minimum Gasteiger partial charge on any atom is -0.399 e. The summed E-state index contributed by atoms with van der Waals surface area (Å²) in [6.45, 7) is 0.724. The van der Waals surface area contributed by atoms with Gasteiger partial charge in [0.15, 0.2) is 0 Å². The van der Waals surface area contributed by atoms with Crippen molar-refractivity contribution in [3.8, 4) is 0 Å². The van der Waals surface area contributed by atoms with Gasteiger partial charge in [0.05, 0.1) is 0 Å². The lowest BCUT2D eigenvalue weighted by molar-refractivity contribution is 0.0953. The molecule has 0 heterocycles. The third-order valence-electron chi connectivity index (χ3n) is 2.95. The summed E-state index contributed by atoms with van der Waals surface area (Å²) >= 11 is 5.85. The SMILES string of the molecule is Nc1cc(Cl)cc(C(=O)NCCCC2CC2)c1. The number of nitrogen functional groups attached to an aromatic ring is 1. The van der Waals surface area contributed by atoms with Crippen LogP contribution in [0.3, 0.4) is 0 Å². The molecule has 3 N–H and O–H groups in total. The third kappa shape index (κ3) is 3.93. The van der Waals surface area contributed by atoms with E-state index in [9.17, 15) is 4.79 Å². The molecule has 0 atom stereocenters. The maximum atomic E-state index is 11.8. The Morgan fingerprint density at radius 2 is 2.18 bits per heavy atom. The molecule has 1 fully saturated rings. The zero-order valence-corrected chi connectivity index (χ0v) is 10.5. The van der Waals surface area contributed by atoms with Crippen molar-refractivity contribution in [3.05, 3.63) is 28.8 Å². The maximum Gasteiger partial charge on any atom is 0.251 e. The largest absolute Gasteiger partial charge is 0.399 e. The highest BCUT2D eigenvalue weighted by atomic mass is 35.5. The number of nitrogens with two attached hydrogens (primary N) is 1. The van der Waals surface area contributed by atoms with Crippen molar-refractivity contribution in [2.24, 2.45) is 5.92 Å². The van der Waals surface area contributed by atoms with Gasteiger partial charge in [0.1, 0.15) is 0 Å². The summed E-state index contributed by atoms with van der Waals surface area (Å²) in [7, 11) is 0. The molecule has 0 aromatic heterocycles. The standard InChI is InChI=1S/C13H17ClN2O/c14-11-6-10(7-12(15)8-11)13(17)16-5-1-2-9-3-4-9/h6-9H,1-5,15H2,(H,16,17). The number of carbonyl (C=O) groups is 1. The number of hydrogen-bond acceptors (Lipinski definition) is 2. The molecule has 0 spiro atoms. The molecule has 0 radical (unpaired) electrons. The predicted molar refractivity (Wildman–Crippen MR) is 70.2 cm³/mol. The highest BCUT2D eigenvalue weighted by Crippen LogP contribution is 2.33. The van der Waals surface area contributed by atoms with Gasteiger partial charge in [-0.3, -0.25) is 4.79 Å². The van der Waals surface area contributed by atoms with Crippen molar-refractivity contribution < 1.29 is 4.79 Å². The van der Waals surface area contributed by atoms with Gasteiger partial charge in [0, 0.05) is 22.8 Å². The second kappa shape index (κ2) is 5.41. The molecule has 0 aliphatic heterocycles. The Balaban J connectivity index is 1.80. The monoisotopic (exact) mass is 252 g/mol. The Hall–Kier alpha value is -1.22. The second-order valence-corrected chi connectivity index (χ2v) is 5.05. The van der Waals surface area contributed by atoms with Gasteiger partial charge in [-0.05, 0) is 37.0 Å². The zero-order chi connectivity index (χ0) is 12.3. The van der Waals surface area contributed by atoms with E-state index in [1.165, 1.54) is 19.3 Å². The quantitative estimate of drug-likeness (QED) is 0.625. The molecular formula is C13H17ClN2O. The lowest BCUT2D eigenvalue weighted by Crippen LogP contribution is -2.24. The predicted octanol–water partition coefficient (Wildman–Crippen LogP) is 2.84. The minimum atomic E-state index is -0.102. The maximum absolute atomic E-state index is 11.8. The Labute approximate surface area is 106 Å². The lowest BCUT2D eigenvalue weighted by atomic mass is 10.2. The Bertz CT molecular complexity index is 396. The van der Waals surface area contributed by atoms with Crippen molar-refractivity contribution in [2.45, 2.75) is 25.7 Å². The molecule has 0 bridgehead atoms. The first-order chi connectivity index (χ1) is 8.15. The van der Waals surface area contributed by atoms with Crippen molar-refractivity contribution >= 4 is 23.2 Å². The highest BCUT2D eigenvalue weighted by molar-refractivity contribution is 6.31. The molecule has 0 unspecified atom stereocenters. The molecule has 92 valence electrons. The van der Waals surface area contributed by atoms with E-state index in [1.807, 2.05) is 0 Å². The van der Waals surface area contributed by atoms with E-state index in [-0.39, 0.29) is 5.91 Å². The van der Waals surface area contributed by atoms with Crippen molar-refractivity contribution in [3.63, 3.8) is 0 Å².